The molecular weight excluding hydrogens is 456 g/mol. The topological polar surface area (TPSA) is 119 Å². The van der Waals surface area contributed by atoms with Gasteiger partial charge in [-0.05, 0) is 56.2 Å². The lowest BCUT2D eigenvalue weighted by atomic mass is 9.92. The van der Waals surface area contributed by atoms with E-state index in [1.165, 1.54) is 0 Å². The fourth-order valence-electron chi connectivity index (χ4n) is 5.40. The molecule has 4 atom stereocenters. The third kappa shape index (κ3) is 4.87. The molecule has 3 saturated heterocycles. The monoisotopic (exact) mass is 488 g/mol. The zero-order chi connectivity index (χ0) is 24.2. The molecule has 3 heterocycles. The predicted molar refractivity (Wildman–Crippen MR) is 128 cm³/mol. The van der Waals surface area contributed by atoms with Crippen molar-refractivity contribution in [3.05, 3.63) is 29.8 Å². The molecule has 10 heteroatoms. The summed E-state index contributed by atoms with van der Waals surface area (Å²) in [6.07, 6.45) is 4.18. The van der Waals surface area contributed by atoms with E-state index in [0.29, 0.717) is 32.5 Å². The van der Waals surface area contributed by atoms with Gasteiger partial charge in [0.05, 0.1) is 17.7 Å². The van der Waals surface area contributed by atoms with Gasteiger partial charge in [-0.15, -0.1) is 0 Å². The minimum Gasteiger partial charge on any atom is -0.508 e. The van der Waals surface area contributed by atoms with Crippen LogP contribution in [0.3, 0.4) is 0 Å². The SMILES string of the molecule is O=C(CS)NCCCCCNC(=O)[C@H]1C[C@H]2C(=O)N3CCC[C@H]3C(=O)N2[C@H]1c1ccc(O)cc1. The molecule has 4 rings (SSSR count). The number of hydrogen-bond acceptors (Lipinski definition) is 6. The van der Waals surface area contributed by atoms with E-state index in [1.54, 1.807) is 34.1 Å². The number of piperazine rings is 1. The zero-order valence-corrected chi connectivity index (χ0v) is 20.0. The van der Waals surface area contributed by atoms with Crippen molar-refractivity contribution in [2.75, 3.05) is 25.4 Å². The number of aromatic hydroxyl groups is 1. The van der Waals surface area contributed by atoms with Gasteiger partial charge < -0.3 is 25.5 Å². The normalized spacial score (nSPS) is 25.8. The molecule has 0 bridgehead atoms. The number of nitrogens with zero attached hydrogens (tertiary/aromatic N) is 2. The van der Waals surface area contributed by atoms with Crippen molar-refractivity contribution in [1.29, 1.82) is 0 Å². The van der Waals surface area contributed by atoms with Crippen LogP contribution >= 0.6 is 12.6 Å². The van der Waals surface area contributed by atoms with Crippen molar-refractivity contribution in [3.8, 4) is 5.75 Å². The Labute approximate surface area is 204 Å². The third-order valence-corrected chi connectivity index (χ3v) is 7.33. The quantitative estimate of drug-likeness (QED) is 0.305. The number of nitrogens with one attached hydrogen (secondary N) is 2. The van der Waals surface area contributed by atoms with Crippen molar-refractivity contribution < 1.29 is 24.3 Å². The summed E-state index contributed by atoms with van der Waals surface area (Å²) in [7, 11) is 0. The van der Waals surface area contributed by atoms with Crippen LogP contribution in [0.25, 0.3) is 0 Å². The molecule has 3 aliphatic heterocycles. The lowest BCUT2D eigenvalue weighted by Crippen LogP contribution is -2.60. The van der Waals surface area contributed by atoms with Gasteiger partial charge in [-0.2, -0.15) is 12.6 Å². The zero-order valence-electron chi connectivity index (χ0n) is 19.1. The molecule has 1 aromatic carbocycles. The molecular formula is C24H32N4O5S. The highest BCUT2D eigenvalue weighted by Gasteiger charge is 2.57. The van der Waals surface area contributed by atoms with Gasteiger partial charge >= 0.3 is 0 Å². The number of rotatable bonds is 9. The van der Waals surface area contributed by atoms with Gasteiger partial charge in [-0.3, -0.25) is 19.2 Å². The lowest BCUT2D eigenvalue weighted by molar-refractivity contribution is -0.159. The van der Waals surface area contributed by atoms with Crippen LogP contribution in [0.5, 0.6) is 5.75 Å². The Morgan fingerprint density at radius 1 is 1.00 bits per heavy atom. The number of fused-ring (bicyclic) bond motifs is 2. The molecule has 4 amide bonds. The van der Waals surface area contributed by atoms with Gasteiger partial charge in [-0.25, -0.2) is 0 Å². The smallest absolute Gasteiger partial charge is 0.246 e. The van der Waals surface area contributed by atoms with Crippen molar-refractivity contribution in [2.45, 2.75) is 56.7 Å². The Balaban J connectivity index is 1.42. The minimum absolute atomic E-state index is 0.0653. The lowest BCUT2D eigenvalue weighted by Gasteiger charge is -2.41. The van der Waals surface area contributed by atoms with Crippen LogP contribution in [-0.2, 0) is 19.2 Å². The van der Waals surface area contributed by atoms with E-state index in [2.05, 4.69) is 23.3 Å². The van der Waals surface area contributed by atoms with Crippen LogP contribution < -0.4 is 10.6 Å². The number of amides is 4. The predicted octanol–water partition coefficient (Wildman–Crippen LogP) is 0.988. The Kier molecular flexibility index (Phi) is 7.65. The second-order valence-corrected chi connectivity index (χ2v) is 9.51. The first-order valence-electron chi connectivity index (χ1n) is 12.0. The van der Waals surface area contributed by atoms with E-state index in [-0.39, 0.29) is 35.1 Å². The highest BCUT2D eigenvalue weighted by molar-refractivity contribution is 7.81. The number of phenols is 1. The molecule has 0 unspecified atom stereocenters. The van der Waals surface area contributed by atoms with Crippen molar-refractivity contribution in [2.24, 2.45) is 5.92 Å². The Morgan fingerprint density at radius 3 is 2.41 bits per heavy atom. The van der Waals surface area contributed by atoms with Crippen LogP contribution in [-0.4, -0.2) is 76.0 Å². The average molecular weight is 489 g/mol. The molecule has 3 N–H and O–H groups in total. The molecule has 3 fully saturated rings. The van der Waals surface area contributed by atoms with E-state index < -0.39 is 24.0 Å². The average Bonchev–Trinajstić information content (AvgIpc) is 3.48. The number of phenolic OH excluding ortho intramolecular Hbond substituents is 1. The summed E-state index contributed by atoms with van der Waals surface area (Å²) >= 11 is 3.92. The van der Waals surface area contributed by atoms with E-state index in [9.17, 15) is 24.3 Å². The second-order valence-electron chi connectivity index (χ2n) is 9.19. The summed E-state index contributed by atoms with van der Waals surface area (Å²) < 4.78 is 0. The van der Waals surface area contributed by atoms with Crippen LogP contribution in [0.4, 0.5) is 0 Å². The molecule has 1 aromatic rings. The van der Waals surface area contributed by atoms with Gasteiger partial charge in [-0.1, -0.05) is 12.1 Å². The molecule has 0 aromatic heterocycles. The first-order chi connectivity index (χ1) is 16.4. The van der Waals surface area contributed by atoms with Gasteiger partial charge in [0.15, 0.2) is 0 Å². The molecule has 0 radical (unpaired) electrons. The minimum atomic E-state index is -0.633. The second kappa shape index (κ2) is 10.7. The highest BCUT2D eigenvalue weighted by atomic mass is 32.1. The number of hydrogen-bond donors (Lipinski definition) is 4. The fourth-order valence-corrected chi connectivity index (χ4v) is 5.51. The Hall–Kier alpha value is -2.75. The summed E-state index contributed by atoms with van der Waals surface area (Å²) in [5.74, 6) is -0.690. The maximum absolute atomic E-state index is 13.4. The summed E-state index contributed by atoms with van der Waals surface area (Å²) in [4.78, 5) is 54.3. The molecule has 184 valence electrons. The number of benzene rings is 1. The first kappa shape index (κ1) is 24.4. The maximum atomic E-state index is 13.4. The highest BCUT2D eigenvalue weighted by Crippen LogP contribution is 2.46. The van der Waals surface area contributed by atoms with Crippen LogP contribution in [0, 0.1) is 5.92 Å². The number of carbonyl (C=O) groups is 4. The van der Waals surface area contributed by atoms with Gasteiger partial charge in [0.1, 0.15) is 17.8 Å². The van der Waals surface area contributed by atoms with E-state index in [1.807, 2.05) is 0 Å². The van der Waals surface area contributed by atoms with Gasteiger partial charge in [0.2, 0.25) is 23.6 Å². The first-order valence-corrected chi connectivity index (χ1v) is 12.6. The van der Waals surface area contributed by atoms with Crippen LogP contribution in [0.1, 0.15) is 50.1 Å². The van der Waals surface area contributed by atoms with Crippen LogP contribution in [0.2, 0.25) is 0 Å². The summed E-state index contributed by atoms with van der Waals surface area (Å²) in [6.45, 7) is 1.66. The van der Waals surface area contributed by atoms with Gasteiger partial charge in [0.25, 0.3) is 0 Å². The fraction of sp³-hybridized carbons (Fsp3) is 0.583. The Morgan fingerprint density at radius 2 is 1.71 bits per heavy atom. The molecule has 9 nitrogen and oxygen atoms in total. The summed E-state index contributed by atoms with van der Waals surface area (Å²) in [5.41, 5.74) is 0.743. The third-order valence-electron chi connectivity index (χ3n) is 7.04. The van der Waals surface area contributed by atoms with Crippen molar-refractivity contribution in [1.82, 2.24) is 20.4 Å². The largest absolute Gasteiger partial charge is 0.508 e. The number of thiol groups is 1. The van der Waals surface area contributed by atoms with E-state index >= 15 is 0 Å². The molecule has 34 heavy (non-hydrogen) atoms. The van der Waals surface area contributed by atoms with E-state index in [0.717, 1.165) is 31.2 Å². The van der Waals surface area contributed by atoms with E-state index in [4.69, 9.17) is 0 Å². The van der Waals surface area contributed by atoms with Gasteiger partial charge in [0, 0.05) is 19.6 Å². The molecule has 0 saturated carbocycles. The van der Waals surface area contributed by atoms with Crippen molar-refractivity contribution in [3.63, 3.8) is 0 Å². The van der Waals surface area contributed by atoms with Crippen LogP contribution in [0.15, 0.2) is 24.3 Å². The maximum Gasteiger partial charge on any atom is 0.246 e. The van der Waals surface area contributed by atoms with Crippen molar-refractivity contribution >= 4 is 36.3 Å². The summed E-state index contributed by atoms with van der Waals surface area (Å²) in [6, 6.07) is 4.92. The molecule has 0 spiro atoms. The summed E-state index contributed by atoms with van der Waals surface area (Å²) in [5, 5.41) is 15.5. The molecule has 3 aliphatic rings. The number of carbonyl (C=O) groups excluding carboxylic acids is 4. The standard InChI is InChI=1S/C24H32N4O5S/c29-16-8-6-15(7-9-16)21-17(22(31)26-11-3-1-2-10-25-20(30)14-34)13-19-23(32)27-12-4-5-18(27)24(33)28(19)21/h6-9,17-19,21,29,34H,1-5,10-14H2,(H,25,30)(H,26,31)/t17-,18-,19-,21-/m0/s1. The Bertz CT molecular complexity index is 940. The molecule has 0 aliphatic carbocycles. The number of unbranched alkanes of at least 4 members (excludes halogenated alkanes) is 2.